The highest BCUT2D eigenvalue weighted by Crippen LogP contribution is 2.34. The van der Waals surface area contributed by atoms with Gasteiger partial charge in [0.05, 0.1) is 6.26 Å². The third kappa shape index (κ3) is 5.66. The average molecular weight is 503 g/mol. The van der Waals surface area contributed by atoms with Crippen LogP contribution < -0.4 is 14.8 Å². The number of nitrogens with one attached hydrogen (secondary N) is 1. The van der Waals surface area contributed by atoms with Crippen molar-refractivity contribution in [2.75, 3.05) is 6.79 Å². The van der Waals surface area contributed by atoms with Gasteiger partial charge in [-0.3, -0.25) is 9.59 Å². The van der Waals surface area contributed by atoms with Crippen molar-refractivity contribution in [2.45, 2.75) is 70.5 Å². The molecule has 2 amide bonds. The maximum atomic E-state index is 13.9. The zero-order valence-corrected chi connectivity index (χ0v) is 21.4. The van der Waals surface area contributed by atoms with Gasteiger partial charge in [0.25, 0.3) is 5.91 Å². The zero-order valence-electron chi connectivity index (χ0n) is 21.4. The summed E-state index contributed by atoms with van der Waals surface area (Å²) in [6.45, 7) is 4.64. The first-order valence-electron chi connectivity index (χ1n) is 13.1. The van der Waals surface area contributed by atoms with Crippen LogP contribution >= 0.6 is 0 Å². The fraction of sp³-hybridized carbons (Fsp3) is 0.400. The predicted octanol–water partition coefficient (Wildman–Crippen LogP) is 5.96. The Kier molecular flexibility index (Phi) is 7.49. The predicted molar refractivity (Wildman–Crippen MR) is 139 cm³/mol. The highest BCUT2D eigenvalue weighted by molar-refractivity contribution is 5.96. The average Bonchev–Trinajstić information content (AvgIpc) is 3.61. The van der Waals surface area contributed by atoms with Gasteiger partial charge >= 0.3 is 0 Å². The van der Waals surface area contributed by atoms with Crippen LogP contribution in [0.5, 0.6) is 11.5 Å². The molecule has 1 N–H and O–H groups in total. The van der Waals surface area contributed by atoms with Gasteiger partial charge in [0.1, 0.15) is 6.04 Å². The molecule has 7 nitrogen and oxygen atoms in total. The first kappa shape index (κ1) is 24.9. The molecule has 0 spiro atoms. The molecule has 1 aromatic heterocycles. The number of benzene rings is 2. The molecule has 7 heteroatoms. The van der Waals surface area contributed by atoms with Gasteiger partial charge in [-0.1, -0.05) is 63.4 Å². The number of ether oxygens (including phenoxy) is 2. The largest absolute Gasteiger partial charge is 0.459 e. The Balaban J connectivity index is 1.52. The van der Waals surface area contributed by atoms with Crippen LogP contribution in [0, 0.1) is 0 Å². The Morgan fingerprint density at radius 3 is 2.38 bits per heavy atom. The molecule has 0 bridgehead atoms. The highest BCUT2D eigenvalue weighted by atomic mass is 16.7. The molecule has 2 aromatic carbocycles. The molecule has 1 aliphatic carbocycles. The van der Waals surface area contributed by atoms with E-state index in [1.165, 1.54) is 18.2 Å². The molecule has 0 unspecified atom stereocenters. The number of carbonyl (C=O) groups excluding carboxylic acids is 2. The van der Waals surface area contributed by atoms with Crippen LogP contribution in [-0.4, -0.2) is 29.5 Å². The molecule has 5 rings (SSSR count). The fourth-order valence-electron chi connectivity index (χ4n) is 5.12. The van der Waals surface area contributed by atoms with Gasteiger partial charge in [-0.25, -0.2) is 0 Å². The van der Waals surface area contributed by atoms with Gasteiger partial charge in [0, 0.05) is 12.6 Å². The second-order valence-corrected chi connectivity index (χ2v) is 10.2. The van der Waals surface area contributed by atoms with E-state index in [1.807, 2.05) is 42.5 Å². The maximum Gasteiger partial charge on any atom is 0.290 e. The smallest absolute Gasteiger partial charge is 0.290 e. The van der Waals surface area contributed by atoms with Gasteiger partial charge in [-0.15, -0.1) is 0 Å². The lowest BCUT2D eigenvalue weighted by molar-refractivity contribution is -0.127. The van der Waals surface area contributed by atoms with E-state index < -0.39 is 6.04 Å². The van der Waals surface area contributed by atoms with E-state index in [2.05, 4.69) is 19.2 Å². The minimum atomic E-state index is -0.828. The third-order valence-corrected chi connectivity index (χ3v) is 7.21. The monoisotopic (exact) mass is 502 g/mol. The van der Waals surface area contributed by atoms with E-state index in [9.17, 15) is 9.59 Å². The minimum Gasteiger partial charge on any atom is -0.459 e. The van der Waals surface area contributed by atoms with E-state index in [0.29, 0.717) is 17.4 Å². The van der Waals surface area contributed by atoms with Crippen molar-refractivity contribution in [2.24, 2.45) is 0 Å². The van der Waals surface area contributed by atoms with E-state index >= 15 is 0 Å². The topological polar surface area (TPSA) is 81.0 Å². The Morgan fingerprint density at radius 2 is 1.68 bits per heavy atom. The van der Waals surface area contributed by atoms with Gasteiger partial charge in [-0.2, -0.15) is 0 Å². The van der Waals surface area contributed by atoms with Crippen molar-refractivity contribution in [1.82, 2.24) is 10.2 Å². The van der Waals surface area contributed by atoms with Crippen molar-refractivity contribution in [3.8, 4) is 11.5 Å². The summed E-state index contributed by atoms with van der Waals surface area (Å²) in [4.78, 5) is 29.4. The molecule has 1 fully saturated rings. The molecule has 0 saturated heterocycles. The van der Waals surface area contributed by atoms with Crippen LogP contribution in [0.2, 0.25) is 0 Å². The molecule has 194 valence electrons. The second-order valence-electron chi connectivity index (χ2n) is 10.2. The van der Waals surface area contributed by atoms with Crippen molar-refractivity contribution in [3.63, 3.8) is 0 Å². The van der Waals surface area contributed by atoms with Gasteiger partial charge in [0.15, 0.2) is 17.3 Å². The summed E-state index contributed by atoms with van der Waals surface area (Å²) in [5.41, 5.74) is 2.77. The molecule has 37 heavy (non-hydrogen) atoms. The molecule has 3 aromatic rings. The standard InChI is InChI=1S/C30H34N2O5/c1-20(2)22-11-13-23(14-12-22)28(29(33)31-24-7-4-3-5-8-24)32(30(34)26-9-6-16-35-26)18-21-10-15-25-27(17-21)37-19-36-25/h6,9-17,20,24,28H,3-5,7-8,18-19H2,1-2H3,(H,31,33)/t28-/m0/s1. The summed E-state index contributed by atoms with van der Waals surface area (Å²) in [5, 5.41) is 3.25. The summed E-state index contributed by atoms with van der Waals surface area (Å²) in [5.74, 6) is 1.33. The van der Waals surface area contributed by atoms with Crippen LogP contribution in [0.3, 0.4) is 0 Å². The second kappa shape index (κ2) is 11.1. The third-order valence-electron chi connectivity index (χ3n) is 7.21. The lowest BCUT2D eigenvalue weighted by Gasteiger charge is -2.33. The van der Waals surface area contributed by atoms with E-state index in [-0.39, 0.29) is 37.0 Å². The van der Waals surface area contributed by atoms with Crippen LogP contribution in [0.4, 0.5) is 0 Å². The summed E-state index contributed by atoms with van der Waals surface area (Å²) >= 11 is 0. The van der Waals surface area contributed by atoms with Crippen LogP contribution in [0.25, 0.3) is 0 Å². The number of nitrogens with zero attached hydrogens (tertiary/aromatic N) is 1. The van der Waals surface area contributed by atoms with Gasteiger partial charge < -0.3 is 24.1 Å². The SMILES string of the molecule is CC(C)c1ccc([C@@H](C(=O)NC2CCCCC2)N(Cc2ccc3c(c2)OCO3)C(=O)c2ccco2)cc1. The zero-order chi connectivity index (χ0) is 25.8. The van der Waals surface area contributed by atoms with Crippen molar-refractivity contribution < 1.29 is 23.5 Å². The number of hydrogen-bond acceptors (Lipinski definition) is 5. The number of fused-ring (bicyclic) bond motifs is 1. The molecular weight excluding hydrogens is 468 g/mol. The highest BCUT2D eigenvalue weighted by Gasteiger charge is 2.35. The number of amides is 2. The maximum absolute atomic E-state index is 13.9. The van der Waals surface area contributed by atoms with E-state index in [0.717, 1.165) is 36.8 Å². The Morgan fingerprint density at radius 1 is 0.946 bits per heavy atom. The van der Waals surface area contributed by atoms with Crippen molar-refractivity contribution in [3.05, 3.63) is 83.3 Å². The summed E-state index contributed by atoms with van der Waals surface area (Å²) in [6, 6.07) is 16.2. The number of hydrogen-bond donors (Lipinski definition) is 1. The summed E-state index contributed by atoms with van der Waals surface area (Å²) in [6.07, 6.45) is 6.79. The lowest BCUT2D eigenvalue weighted by Crippen LogP contribution is -2.46. The summed E-state index contributed by atoms with van der Waals surface area (Å²) < 4.78 is 16.5. The van der Waals surface area contributed by atoms with Crippen LogP contribution in [-0.2, 0) is 11.3 Å². The first-order chi connectivity index (χ1) is 18.0. The van der Waals surface area contributed by atoms with Gasteiger partial charge in [0.2, 0.25) is 12.7 Å². The Labute approximate surface area is 217 Å². The van der Waals surface area contributed by atoms with Crippen LogP contribution in [0.1, 0.15) is 85.2 Å². The van der Waals surface area contributed by atoms with Crippen molar-refractivity contribution >= 4 is 11.8 Å². The lowest BCUT2D eigenvalue weighted by atomic mass is 9.94. The number of furan rings is 1. The first-order valence-corrected chi connectivity index (χ1v) is 13.1. The van der Waals surface area contributed by atoms with Gasteiger partial charge in [-0.05, 0) is 59.7 Å². The normalized spacial score (nSPS) is 16.0. The quantitative estimate of drug-likeness (QED) is 0.411. The minimum absolute atomic E-state index is 0.116. The molecule has 1 saturated carbocycles. The molecular formula is C30H34N2O5. The fourth-order valence-corrected chi connectivity index (χ4v) is 5.12. The molecule has 2 aliphatic rings. The number of carbonyl (C=O) groups is 2. The molecule has 1 aliphatic heterocycles. The Hall–Kier alpha value is -3.74. The van der Waals surface area contributed by atoms with Crippen molar-refractivity contribution in [1.29, 1.82) is 0 Å². The Bertz CT molecular complexity index is 1210. The number of rotatable bonds is 8. The van der Waals surface area contributed by atoms with Crippen LogP contribution in [0.15, 0.2) is 65.3 Å². The molecule has 0 radical (unpaired) electrons. The van der Waals surface area contributed by atoms with E-state index in [1.54, 1.807) is 17.0 Å². The molecule has 2 heterocycles. The molecule has 1 atom stereocenters. The van der Waals surface area contributed by atoms with E-state index in [4.69, 9.17) is 13.9 Å². The summed E-state index contributed by atoms with van der Waals surface area (Å²) in [7, 11) is 0.